The van der Waals surface area contributed by atoms with Crippen LogP contribution in [0.1, 0.15) is 5.82 Å². The van der Waals surface area contributed by atoms with Crippen LogP contribution in [0.3, 0.4) is 0 Å². The maximum atomic E-state index is 12.9. The molecular formula is C24H21FN6O. The summed E-state index contributed by atoms with van der Waals surface area (Å²) in [4.78, 5) is 13.0. The molecule has 8 heteroatoms. The number of halogens is 1. The molecule has 4 heterocycles. The van der Waals surface area contributed by atoms with Crippen molar-refractivity contribution < 1.29 is 9.13 Å². The van der Waals surface area contributed by atoms with Crippen LogP contribution in [-0.2, 0) is 20.2 Å². The molecule has 0 fully saturated rings. The molecule has 0 unspecified atom stereocenters. The van der Waals surface area contributed by atoms with Crippen molar-refractivity contribution in [3.05, 3.63) is 79.1 Å². The summed E-state index contributed by atoms with van der Waals surface area (Å²) in [5, 5.41) is 4.60. The number of hydrogen-bond donors (Lipinski definition) is 0. The maximum absolute atomic E-state index is 12.9. The predicted molar refractivity (Wildman–Crippen MR) is 120 cm³/mol. The molecule has 0 spiro atoms. The van der Waals surface area contributed by atoms with E-state index < -0.39 is 6.67 Å². The van der Waals surface area contributed by atoms with Gasteiger partial charge >= 0.3 is 0 Å². The fourth-order valence-electron chi connectivity index (χ4n) is 3.63. The lowest BCUT2D eigenvalue weighted by Gasteiger charge is -2.08. The predicted octanol–water partition coefficient (Wildman–Crippen LogP) is 4.44. The van der Waals surface area contributed by atoms with Crippen molar-refractivity contribution in [3.63, 3.8) is 0 Å². The van der Waals surface area contributed by atoms with Gasteiger partial charge in [-0.15, -0.1) is 0 Å². The molecule has 0 bridgehead atoms. The summed E-state index contributed by atoms with van der Waals surface area (Å²) in [6, 6.07) is 15.4. The standard InChI is InChI=1S/C24H21FN6O/c1-30-22(28-21-3-2-11-27-24(21)30)16-32-19-6-4-18(5-7-19)23-20(15-31(29-23)14-10-25)17-8-12-26-13-9-17/h2-9,11-13,15H,10,14,16H2,1H3. The smallest absolute Gasteiger partial charge is 0.159 e. The van der Waals surface area contributed by atoms with Gasteiger partial charge in [0.1, 0.15) is 36.1 Å². The Balaban J connectivity index is 1.38. The second kappa shape index (κ2) is 8.58. The second-order valence-corrected chi connectivity index (χ2v) is 7.33. The number of fused-ring (bicyclic) bond motifs is 1. The van der Waals surface area contributed by atoms with Gasteiger partial charge in [0.05, 0.1) is 6.54 Å². The van der Waals surface area contributed by atoms with Crippen LogP contribution in [0.15, 0.2) is 73.3 Å². The molecule has 7 nitrogen and oxygen atoms in total. The molecule has 1 aromatic carbocycles. The van der Waals surface area contributed by atoms with E-state index in [1.807, 2.05) is 66.3 Å². The molecular weight excluding hydrogens is 407 g/mol. The number of hydrogen-bond acceptors (Lipinski definition) is 5. The summed E-state index contributed by atoms with van der Waals surface area (Å²) >= 11 is 0. The highest BCUT2D eigenvalue weighted by molar-refractivity contribution is 5.80. The normalized spacial score (nSPS) is 11.2. The van der Waals surface area contributed by atoms with Crippen LogP contribution in [0.4, 0.5) is 4.39 Å². The zero-order chi connectivity index (χ0) is 21.9. The second-order valence-electron chi connectivity index (χ2n) is 7.33. The first kappa shape index (κ1) is 19.9. The lowest BCUT2D eigenvalue weighted by Crippen LogP contribution is -2.03. The Morgan fingerprint density at radius 3 is 2.53 bits per heavy atom. The van der Waals surface area contributed by atoms with Gasteiger partial charge in [-0.05, 0) is 54.1 Å². The van der Waals surface area contributed by atoms with E-state index in [1.165, 1.54) is 0 Å². The number of alkyl halides is 1. The van der Waals surface area contributed by atoms with Crippen molar-refractivity contribution in [1.82, 2.24) is 29.3 Å². The number of aromatic nitrogens is 6. The van der Waals surface area contributed by atoms with Crippen LogP contribution in [0.2, 0.25) is 0 Å². The Kier molecular flexibility index (Phi) is 5.33. The zero-order valence-corrected chi connectivity index (χ0v) is 17.5. The minimum Gasteiger partial charge on any atom is -0.486 e. The fourth-order valence-corrected chi connectivity index (χ4v) is 3.63. The van der Waals surface area contributed by atoms with Crippen LogP contribution in [0.25, 0.3) is 33.5 Å². The number of pyridine rings is 2. The van der Waals surface area contributed by atoms with E-state index >= 15 is 0 Å². The van der Waals surface area contributed by atoms with Gasteiger partial charge in [-0.3, -0.25) is 9.67 Å². The molecule has 0 saturated carbocycles. The van der Waals surface area contributed by atoms with Crippen molar-refractivity contribution in [3.8, 4) is 28.1 Å². The minimum atomic E-state index is -0.471. The molecule has 4 aromatic heterocycles. The van der Waals surface area contributed by atoms with E-state index in [4.69, 9.17) is 4.74 Å². The molecule has 0 saturated heterocycles. The topological polar surface area (TPSA) is 70.7 Å². The van der Waals surface area contributed by atoms with Gasteiger partial charge in [0, 0.05) is 43.0 Å². The summed E-state index contributed by atoms with van der Waals surface area (Å²) in [5.41, 5.74) is 5.30. The summed E-state index contributed by atoms with van der Waals surface area (Å²) in [5.74, 6) is 1.52. The van der Waals surface area contributed by atoms with E-state index in [2.05, 4.69) is 20.1 Å². The third kappa shape index (κ3) is 3.82. The van der Waals surface area contributed by atoms with Gasteiger partial charge < -0.3 is 9.30 Å². The average molecular weight is 428 g/mol. The van der Waals surface area contributed by atoms with E-state index in [0.717, 1.165) is 45.1 Å². The molecule has 0 amide bonds. The molecule has 0 radical (unpaired) electrons. The van der Waals surface area contributed by atoms with Gasteiger partial charge in [-0.25, -0.2) is 14.4 Å². The summed E-state index contributed by atoms with van der Waals surface area (Å²) < 4.78 is 22.4. The Hall–Kier alpha value is -4.07. The number of ether oxygens (including phenoxy) is 1. The molecule has 0 N–H and O–H groups in total. The first-order chi connectivity index (χ1) is 15.7. The van der Waals surface area contributed by atoms with E-state index in [9.17, 15) is 4.39 Å². The van der Waals surface area contributed by atoms with E-state index in [0.29, 0.717) is 6.61 Å². The summed E-state index contributed by atoms with van der Waals surface area (Å²) in [7, 11) is 1.93. The SMILES string of the molecule is Cn1c(COc2ccc(-c3nn(CCF)cc3-c3ccncc3)cc2)nc2cccnc21. The molecule has 0 aliphatic carbocycles. The van der Waals surface area contributed by atoms with Gasteiger partial charge in [-0.2, -0.15) is 5.10 Å². The van der Waals surface area contributed by atoms with Gasteiger partial charge in [-0.1, -0.05) is 0 Å². The lowest BCUT2D eigenvalue weighted by atomic mass is 10.0. The van der Waals surface area contributed by atoms with Gasteiger partial charge in [0.15, 0.2) is 5.65 Å². The monoisotopic (exact) mass is 428 g/mol. The summed E-state index contributed by atoms with van der Waals surface area (Å²) in [6.07, 6.45) is 7.09. The molecule has 160 valence electrons. The van der Waals surface area contributed by atoms with Crippen LogP contribution in [-0.4, -0.2) is 36.0 Å². The van der Waals surface area contributed by atoms with Crippen molar-refractivity contribution in [2.45, 2.75) is 13.2 Å². The third-order valence-corrected chi connectivity index (χ3v) is 5.28. The molecule has 5 aromatic rings. The highest BCUT2D eigenvalue weighted by Crippen LogP contribution is 2.32. The number of nitrogens with zero attached hydrogens (tertiary/aromatic N) is 6. The van der Waals surface area contributed by atoms with Gasteiger partial charge in [0.25, 0.3) is 0 Å². The lowest BCUT2D eigenvalue weighted by molar-refractivity contribution is 0.292. The molecule has 0 aliphatic heterocycles. The first-order valence-corrected chi connectivity index (χ1v) is 10.3. The van der Waals surface area contributed by atoms with E-state index in [1.54, 1.807) is 23.3 Å². The highest BCUT2D eigenvalue weighted by Gasteiger charge is 2.14. The van der Waals surface area contributed by atoms with E-state index in [-0.39, 0.29) is 6.54 Å². The highest BCUT2D eigenvalue weighted by atomic mass is 19.1. The molecule has 5 rings (SSSR count). The molecule has 0 aliphatic rings. The minimum absolute atomic E-state index is 0.214. The van der Waals surface area contributed by atoms with Crippen LogP contribution < -0.4 is 4.74 Å². The van der Waals surface area contributed by atoms with Crippen LogP contribution in [0, 0.1) is 0 Å². The van der Waals surface area contributed by atoms with Crippen molar-refractivity contribution in [2.24, 2.45) is 7.05 Å². The zero-order valence-electron chi connectivity index (χ0n) is 17.5. The Morgan fingerprint density at radius 2 is 1.78 bits per heavy atom. The Bertz CT molecular complexity index is 1340. The number of rotatable bonds is 7. The van der Waals surface area contributed by atoms with Crippen molar-refractivity contribution in [1.29, 1.82) is 0 Å². The molecule has 0 atom stereocenters. The molecule has 32 heavy (non-hydrogen) atoms. The quantitative estimate of drug-likeness (QED) is 0.383. The van der Waals surface area contributed by atoms with Crippen LogP contribution >= 0.6 is 0 Å². The first-order valence-electron chi connectivity index (χ1n) is 10.3. The van der Waals surface area contributed by atoms with Crippen LogP contribution in [0.5, 0.6) is 5.75 Å². The Morgan fingerprint density at radius 1 is 0.969 bits per heavy atom. The van der Waals surface area contributed by atoms with Crippen molar-refractivity contribution >= 4 is 11.2 Å². The summed E-state index contributed by atoms with van der Waals surface area (Å²) in [6.45, 7) is 0.0765. The maximum Gasteiger partial charge on any atom is 0.159 e. The fraction of sp³-hybridized carbons (Fsp3) is 0.167. The number of imidazole rings is 1. The largest absolute Gasteiger partial charge is 0.486 e. The third-order valence-electron chi connectivity index (χ3n) is 5.28. The van der Waals surface area contributed by atoms with Gasteiger partial charge in [0.2, 0.25) is 0 Å². The number of aryl methyl sites for hydroxylation is 2. The number of benzene rings is 1. The average Bonchev–Trinajstić information content (AvgIpc) is 3.40. The Labute approximate surface area is 184 Å². The van der Waals surface area contributed by atoms with Crippen molar-refractivity contribution in [2.75, 3.05) is 6.67 Å².